The molecule has 0 spiro atoms. The molecule has 0 saturated carbocycles. The Hall–Kier alpha value is -3.54. The summed E-state index contributed by atoms with van der Waals surface area (Å²) >= 11 is 0. The van der Waals surface area contributed by atoms with Crippen LogP contribution in [0.2, 0.25) is 0 Å². The number of benzene rings is 3. The van der Waals surface area contributed by atoms with Gasteiger partial charge in [0.05, 0.1) is 6.61 Å². The van der Waals surface area contributed by atoms with Gasteiger partial charge in [0.2, 0.25) is 0 Å². The van der Waals surface area contributed by atoms with Crippen LogP contribution < -0.4 is 20.1 Å². The van der Waals surface area contributed by atoms with Gasteiger partial charge in [0, 0.05) is 18.7 Å². The van der Waals surface area contributed by atoms with Crippen LogP contribution in [0.3, 0.4) is 0 Å². The smallest absolute Gasteiger partial charge is 0.258 e. The molecule has 0 unspecified atom stereocenters. The van der Waals surface area contributed by atoms with Gasteiger partial charge in [-0.15, -0.1) is 0 Å². The Labute approximate surface area is 169 Å². The van der Waals surface area contributed by atoms with Crippen LogP contribution in [0, 0.1) is 0 Å². The third-order valence-corrected chi connectivity index (χ3v) is 4.27. The Bertz CT molecular complexity index is 982. The average molecular weight is 392 g/mol. The Morgan fingerprint density at radius 3 is 2.24 bits per heavy atom. The van der Waals surface area contributed by atoms with Crippen LogP contribution in [0.25, 0.3) is 10.8 Å². The first-order valence-electron chi connectivity index (χ1n) is 9.56. The van der Waals surface area contributed by atoms with E-state index < -0.39 is 0 Å². The lowest BCUT2D eigenvalue weighted by atomic mass is 10.0. The molecule has 0 atom stereocenters. The molecule has 0 fully saturated rings. The molecule has 29 heavy (non-hydrogen) atoms. The summed E-state index contributed by atoms with van der Waals surface area (Å²) in [6, 6.07) is 20.6. The molecule has 0 heterocycles. The lowest BCUT2D eigenvalue weighted by molar-refractivity contribution is -0.123. The van der Waals surface area contributed by atoms with Gasteiger partial charge in [0.15, 0.2) is 18.1 Å². The molecule has 150 valence electrons. The van der Waals surface area contributed by atoms with E-state index in [1.807, 2.05) is 55.5 Å². The summed E-state index contributed by atoms with van der Waals surface area (Å²) in [7, 11) is 0. The van der Waals surface area contributed by atoms with Crippen LogP contribution in [0.1, 0.15) is 17.3 Å². The molecule has 0 aromatic heterocycles. The van der Waals surface area contributed by atoms with Gasteiger partial charge < -0.3 is 20.1 Å². The molecule has 0 aliphatic heterocycles. The van der Waals surface area contributed by atoms with Gasteiger partial charge >= 0.3 is 0 Å². The molecule has 6 heteroatoms. The predicted octanol–water partition coefficient (Wildman–Crippen LogP) is 3.16. The van der Waals surface area contributed by atoms with Gasteiger partial charge in [-0.1, -0.05) is 48.5 Å². The Kier molecular flexibility index (Phi) is 7.05. The predicted molar refractivity (Wildman–Crippen MR) is 112 cm³/mol. The van der Waals surface area contributed by atoms with Gasteiger partial charge in [-0.05, 0) is 35.9 Å². The van der Waals surface area contributed by atoms with E-state index in [4.69, 9.17) is 9.47 Å². The molecule has 0 aliphatic rings. The summed E-state index contributed by atoms with van der Waals surface area (Å²) in [5.41, 5.74) is 0.616. The van der Waals surface area contributed by atoms with Crippen molar-refractivity contribution in [3.8, 4) is 11.5 Å². The molecule has 2 N–H and O–H groups in total. The topological polar surface area (TPSA) is 76.7 Å². The van der Waals surface area contributed by atoms with Crippen LogP contribution in [0.15, 0.2) is 66.7 Å². The van der Waals surface area contributed by atoms with Gasteiger partial charge in [0.1, 0.15) is 0 Å². The van der Waals surface area contributed by atoms with Crippen molar-refractivity contribution in [3.05, 3.63) is 72.3 Å². The number of rotatable bonds is 9. The maximum atomic E-state index is 12.5. The highest BCUT2D eigenvalue weighted by atomic mass is 16.5. The first kappa shape index (κ1) is 20.2. The number of amides is 2. The van der Waals surface area contributed by atoms with Crippen LogP contribution in [0.4, 0.5) is 0 Å². The van der Waals surface area contributed by atoms with Gasteiger partial charge in [-0.2, -0.15) is 0 Å². The van der Waals surface area contributed by atoms with Crippen molar-refractivity contribution >= 4 is 22.6 Å². The van der Waals surface area contributed by atoms with Gasteiger partial charge in [0.25, 0.3) is 11.8 Å². The Balaban J connectivity index is 1.43. The number of hydrogen-bond acceptors (Lipinski definition) is 4. The number of ether oxygens (including phenoxy) is 2. The zero-order valence-electron chi connectivity index (χ0n) is 16.3. The lowest BCUT2D eigenvalue weighted by Gasteiger charge is -2.12. The summed E-state index contributed by atoms with van der Waals surface area (Å²) in [6.07, 6.45) is 0. The third kappa shape index (κ3) is 5.48. The number of carbonyl (C=O) groups excluding carboxylic acids is 2. The van der Waals surface area contributed by atoms with E-state index in [0.29, 0.717) is 36.8 Å². The molecule has 3 aromatic rings. The fraction of sp³-hybridized carbons (Fsp3) is 0.217. The normalized spacial score (nSPS) is 10.4. The number of fused-ring (bicyclic) bond motifs is 1. The fourth-order valence-corrected chi connectivity index (χ4v) is 2.94. The maximum absolute atomic E-state index is 12.5. The standard InChI is InChI=1S/C23H24N2O4/c1-2-28-20-12-5-6-13-21(20)29-16-22(26)24-14-15-25-23(27)19-11-7-9-17-8-3-4-10-18(17)19/h3-13H,2,14-16H2,1H3,(H,24,26)(H,25,27). The molecular weight excluding hydrogens is 368 g/mol. The average Bonchev–Trinajstić information content (AvgIpc) is 2.76. The van der Waals surface area contributed by atoms with E-state index in [-0.39, 0.29) is 18.4 Å². The number of carbonyl (C=O) groups is 2. The second-order valence-corrected chi connectivity index (χ2v) is 6.30. The Morgan fingerprint density at radius 2 is 1.45 bits per heavy atom. The van der Waals surface area contributed by atoms with Crippen molar-refractivity contribution in [2.45, 2.75) is 6.92 Å². The highest BCUT2D eigenvalue weighted by Gasteiger charge is 2.10. The quantitative estimate of drug-likeness (QED) is 0.549. The second kappa shape index (κ2) is 10.1. The van der Waals surface area contributed by atoms with Crippen molar-refractivity contribution in [2.75, 3.05) is 26.3 Å². The molecule has 6 nitrogen and oxygen atoms in total. The minimum atomic E-state index is -0.268. The van der Waals surface area contributed by atoms with Crippen molar-refractivity contribution in [1.29, 1.82) is 0 Å². The van der Waals surface area contributed by atoms with E-state index in [1.165, 1.54) is 0 Å². The first-order chi connectivity index (χ1) is 14.2. The monoisotopic (exact) mass is 392 g/mol. The molecule has 0 bridgehead atoms. The summed E-state index contributed by atoms with van der Waals surface area (Å²) in [4.78, 5) is 24.4. The van der Waals surface area contributed by atoms with Crippen molar-refractivity contribution < 1.29 is 19.1 Å². The molecule has 0 radical (unpaired) electrons. The molecule has 3 rings (SSSR count). The van der Waals surface area contributed by atoms with Gasteiger partial charge in [-0.25, -0.2) is 0 Å². The van der Waals surface area contributed by atoms with Crippen molar-refractivity contribution in [2.24, 2.45) is 0 Å². The van der Waals surface area contributed by atoms with Crippen molar-refractivity contribution in [3.63, 3.8) is 0 Å². The molecule has 0 aliphatic carbocycles. The van der Waals surface area contributed by atoms with Gasteiger partial charge in [-0.3, -0.25) is 9.59 Å². The molecular formula is C23H24N2O4. The van der Waals surface area contributed by atoms with E-state index in [1.54, 1.807) is 18.2 Å². The van der Waals surface area contributed by atoms with E-state index in [2.05, 4.69) is 10.6 Å². The fourth-order valence-electron chi connectivity index (χ4n) is 2.94. The van der Waals surface area contributed by atoms with Crippen LogP contribution in [0.5, 0.6) is 11.5 Å². The highest BCUT2D eigenvalue weighted by Crippen LogP contribution is 2.26. The van der Waals surface area contributed by atoms with Crippen LogP contribution in [-0.2, 0) is 4.79 Å². The summed E-state index contributed by atoms with van der Waals surface area (Å²) in [6.45, 7) is 2.91. The van der Waals surface area contributed by atoms with E-state index in [9.17, 15) is 9.59 Å². The zero-order valence-corrected chi connectivity index (χ0v) is 16.3. The highest BCUT2D eigenvalue weighted by molar-refractivity contribution is 6.07. The van der Waals surface area contributed by atoms with E-state index >= 15 is 0 Å². The minimum absolute atomic E-state index is 0.124. The van der Waals surface area contributed by atoms with Crippen LogP contribution in [-0.4, -0.2) is 38.1 Å². The number of nitrogens with one attached hydrogen (secondary N) is 2. The van der Waals surface area contributed by atoms with Crippen molar-refractivity contribution in [1.82, 2.24) is 10.6 Å². The first-order valence-corrected chi connectivity index (χ1v) is 9.56. The number of para-hydroxylation sites is 2. The largest absolute Gasteiger partial charge is 0.490 e. The minimum Gasteiger partial charge on any atom is -0.490 e. The zero-order chi connectivity index (χ0) is 20.5. The third-order valence-electron chi connectivity index (χ3n) is 4.27. The summed E-state index contributed by atoms with van der Waals surface area (Å²) < 4.78 is 11.0. The number of hydrogen-bond donors (Lipinski definition) is 2. The lowest BCUT2D eigenvalue weighted by Crippen LogP contribution is -2.36. The Morgan fingerprint density at radius 1 is 0.793 bits per heavy atom. The molecule has 0 saturated heterocycles. The van der Waals surface area contributed by atoms with Crippen LogP contribution >= 0.6 is 0 Å². The maximum Gasteiger partial charge on any atom is 0.258 e. The SMILES string of the molecule is CCOc1ccccc1OCC(=O)NCCNC(=O)c1cccc2ccccc12. The molecule has 2 amide bonds. The summed E-state index contributed by atoms with van der Waals surface area (Å²) in [5, 5.41) is 7.47. The summed E-state index contributed by atoms with van der Waals surface area (Å²) in [5.74, 6) is 0.688. The second-order valence-electron chi connectivity index (χ2n) is 6.30. The van der Waals surface area contributed by atoms with E-state index in [0.717, 1.165) is 10.8 Å². The molecule has 3 aromatic carbocycles.